The smallest absolute Gasteiger partial charge is 0.244 e. The summed E-state index contributed by atoms with van der Waals surface area (Å²) in [5, 5.41) is 11.2. The summed E-state index contributed by atoms with van der Waals surface area (Å²) >= 11 is 0. The Morgan fingerprint density at radius 2 is 1.45 bits per heavy atom. The van der Waals surface area contributed by atoms with Gasteiger partial charge in [0.2, 0.25) is 16.8 Å². The Labute approximate surface area is 169 Å². The zero-order valence-electron chi connectivity index (χ0n) is 15.4. The minimum atomic E-state index is -3.83. The molecule has 5 rings (SSSR count). The van der Waals surface area contributed by atoms with Crippen molar-refractivity contribution in [3.8, 4) is 11.5 Å². The van der Waals surface area contributed by atoms with Gasteiger partial charge in [-0.2, -0.15) is 4.31 Å². The second-order valence-electron chi connectivity index (χ2n) is 7.07. The van der Waals surface area contributed by atoms with Crippen molar-refractivity contribution in [2.24, 2.45) is 0 Å². The number of hydrogen-bond donors (Lipinski definition) is 1. The van der Waals surface area contributed by atoms with E-state index in [-0.39, 0.29) is 18.2 Å². The maximum atomic E-state index is 13.5. The molecule has 6 nitrogen and oxygen atoms in total. The van der Waals surface area contributed by atoms with Crippen LogP contribution in [0.15, 0.2) is 77.7 Å². The molecular weight excluding hydrogens is 390 g/mol. The molecule has 0 aliphatic carbocycles. The average molecular weight is 409 g/mol. The molecule has 0 spiro atoms. The van der Waals surface area contributed by atoms with Gasteiger partial charge < -0.3 is 14.6 Å². The summed E-state index contributed by atoms with van der Waals surface area (Å²) in [6.45, 7) is 0.235. The minimum absolute atomic E-state index is 0.0847. The topological polar surface area (TPSA) is 76.1 Å². The van der Waals surface area contributed by atoms with E-state index >= 15 is 0 Å². The summed E-state index contributed by atoms with van der Waals surface area (Å²) in [5.74, 6) is 0.967. The fourth-order valence-corrected chi connectivity index (χ4v) is 5.75. The van der Waals surface area contributed by atoms with Gasteiger partial charge in [0.15, 0.2) is 11.5 Å². The van der Waals surface area contributed by atoms with Gasteiger partial charge in [-0.3, -0.25) is 0 Å². The van der Waals surface area contributed by atoms with Crippen LogP contribution >= 0.6 is 0 Å². The third-order valence-corrected chi connectivity index (χ3v) is 7.27. The number of fused-ring (bicyclic) bond motifs is 2. The molecule has 0 radical (unpaired) electrons. The molecular formula is C22H19NO5S. The quantitative estimate of drug-likeness (QED) is 0.715. The number of benzene rings is 3. The first-order valence-electron chi connectivity index (χ1n) is 9.28. The van der Waals surface area contributed by atoms with Crippen molar-refractivity contribution in [1.82, 2.24) is 4.31 Å². The van der Waals surface area contributed by atoms with Gasteiger partial charge in [0.25, 0.3) is 0 Å². The van der Waals surface area contributed by atoms with Crippen LogP contribution in [0.1, 0.15) is 28.8 Å². The first-order chi connectivity index (χ1) is 14.1. The molecule has 0 saturated heterocycles. The molecule has 3 aromatic rings. The monoisotopic (exact) mass is 409 g/mol. The molecule has 0 unspecified atom stereocenters. The number of sulfonamides is 1. The standard InChI is InChI=1S/C22H19NO5S/c24-22(16-9-5-2-6-10-16)21(15-7-3-1-4-8-15)23-13-17-11-18-19(28-14-27-18)12-20(17)29(23,25)26/h1-12,21-22,24H,13-14H2/t21-,22+/m1/s1. The number of ether oxygens (including phenoxy) is 2. The van der Waals surface area contributed by atoms with Crippen LogP contribution in [0.25, 0.3) is 0 Å². The van der Waals surface area contributed by atoms with Crippen LogP contribution < -0.4 is 9.47 Å². The van der Waals surface area contributed by atoms with Gasteiger partial charge in [-0.05, 0) is 22.8 Å². The van der Waals surface area contributed by atoms with Crippen LogP contribution in [-0.2, 0) is 16.6 Å². The highest BCUT2D eigenvalue weighted by atomic mass is 32.2. The second kappa shape index (κ2) is 6.88. The summed E-state index contributed by atoms with van der Waals surface area (Å²) in [7, 11) is -3.83. The van der Waals surface area contributed by atoms with E-state index < -0.39 is 22.2 Å². The molecule has 2 aliphatic rings. The van der Waals surface area contributed by atoms with Crippen LogP contribution in [0, 0.1) is 0 Å². The highest BCUT2D eigenvalue weighted by Crippen LogP contribution is 2.46. The largest absolute Gasteiger partial charge is 0.454 e. The summed E-state index contributed by atoms with van der Waals surface area (Å²) in [5.41, 5.74) is 2.01. The lowest BCUT2D eigenvalue weighted by Gasteiger charge is -2.31. The van der Waals surface area contributed by atoms with E-state index in [0.29, 0.717) is 22.6 Å². The third kappa shape index (κ3) is 2.98. The Kier molecular flexibility index (Phi) is 4.31. The minimum Gasteiger partial charge on any atom is -0.454 e. The first-order valence-corrected chi connectivity index (χ1v) is 10.7. The van der Waals surface area contributed by atoms with Crippen molar-refractivity contribution in [3.63, 3.8) is 0 Å². The predicted octanol–water partition coefficient (Wildman–Crippen LogP) is 3.39. The van der Waals surface area contributed by atoms with Gasteiger partial charge in [0.05, 0.1) is 17.0 Å². The van der Waals surface area contributed by atoms with Crippen molar-refractivity contribution in [2.75, 3.05) is 6.79 Å². The normalized spacial score (nSPS) is 18.9. The van der Waals surface area contributed by atoms with E-state index in [1.165, 1.54) is 10.4 Å². The lowest BCUT2D eigenvalue weighted by Crippen LogP contribution is -2.33. The van der Waals surface area contributed by atoms with Gasteiger partial charge in [-0.15, -0.1) is 0 Å². The van der Waals surface area contributed by atoms with Gasteiger partial charge in [-0.1, -0.05) is 60.7 Å². The van der Waals surface area contributed by atoms with Crippen LogP contribution in [0.5, 0.6) is 11.5 Å². The van der Waals surface area contributed by atoms with Crippen LogP contribution in [0.3, 0.4) is 0 Å². The van der Waals surface area contributed by atoms with Crippen molar-refractivity contribution in [1.29, 1.82) is 0 Å². The number of rotatable bonds is 4. The van der Waals surface area contributed by atoms with Crippen LogP contribution in [0.2, 0.25) is 0 Å². The SMILES string of the molecule is O=S1(=O)c2cc3c(cc2CN1[C@H](c1ccccc1)[C@@H](O)c1ccccc1)OCO3. The van der Waals surface area contributed by atoms with E-state index in [4.69, 9.17) is 9.47 Å². The summed E-state index contributed by atoms with van der Waals surface area (Å²) < 4.78 is 39.0. The lowest BCUT2D eigenvalue weighted by molar-refractivity contribution is 0.0885. The Morgan fingerprint density at radius 3 is 2.10 bits per heavy atom. The maximum absolute atomic E-state index is 13.5. The van der Waals surface area contributed by atoms with E-state index in [1.807, 2.05) is 48.5 Å². The molecule has 2 aliphatic heterocycles. The van der Waals surface area contributed by atoms with Crippen LogP contribution in [-0.4, -0.2) is 24.6 Å². The fraction of sp³-hybridized carbons (Fsp3) is 0.182. The number of aliphatic hydroxyl groups excluding tert-OH is 1. The lowest BCUT2D eigenvalue weighted by atomic mass is 9.95. The van der Waals surface area contributed by atoms with Gasteiger partial charge >= 0.3 is 0 Å². The molecule has 1 N–H and O–H groups in total. The van der Waals surface area contributed by atoms with E-state index in [9.17, 15) is 13.5 Å². The molecule has 7 heteroatoms. The maximum Gasteiger partial charge on any atom is 0.244 e. The molecule has 0 aromatic heterocycles. The van der Waals surface area contributed by atoms with E-state index in [2.05, 4.69) is 0 Å². The number of hydrogen-bond acceptors (Lipinski definition) is 5. The van der Waals surface area contributed by atoms with E-state index in [0.717, 1.165) is 5.56 Å². The van der Waals surface area contributed by atoms with Crippen molar-refractivity contribution in [2.45, 2.75) is 23.6 Å². The van der Waals surface area contributed by atoms with Crippen molar-refractivity contribution in [3.05, 3.63) is 89.5 Å². The zero-order valence-corrected chi connectivity index (χ0v) is 16.2. The number of nitrogens with zero attached hydrogens (tertiary/aromatic N) is 1. The molecule has 29 heavy (non-hydrogen) atoms. The zero-order chi connectivity index (χ0) is 20.0. The molecule has 148 valence electrons. The highest BCUT2D eigenvalue weighted by Gasteiger charge is 2.44. The Balaban J connectivity index is 1.61. The Bertz CT molecular complexity index is 1150. The number of aliphatic hydroxyl groups is 1. The summed E-state index contributed by atoms with van der Waals surface area (Å²) in [4.78, 5) is 0.197. The third-order valence-electron chi connectivity index (χ3n) is 5.36. The molecule has 0 saturated carbocycles. The highest BCUT2D eigenvalue weighted by molar-refractivity contribution is 7.89. The molecule has 0 fully saturated rings. The second-order valence-corrected chi connectivity index (χ2v) is 8.93. The van der Waals surface area contributed by atoms with E-state index in [1.54, 1.807) is 18.2 Å². The van der Waals surface area contributed by atoms with Gasteiger partial charge in [0, 0.05) is 12.6 Å². The molecule has 0 amide bonds. The van der Waals surface area contributed by atoms with Gasteiger partial charge in [0.1, 0.15) is 0 Å². The summed E-state index contributed by atoms with van der Waals surface area (Å²) in [6.07, 6.45) is -1.03. The van der Waals surface area contributed by atoms with Gasteiger partial charge in [-0.25, -0.2) is 8.42 Å². The molecule has 2 atom stereocenters. The van der Waals surface area contributed by atoms with Crippen molar-refractivity contribution >= 4 is 10.0 Å². The predicted molar refractivity (Wildman–Crippen MR) is 106 cm³/mol. The van der Waals surface area contributed by atoms with Crippen molar-refractivity contribution < 1.29 is 23.0 Å². The molecule has 0 bridgehead atoms. The molecule has 2 heterocycles. The average Bonchev–Trinajstić information content (AvgIpc) is 3.30. The molecule has 3 aromatic carbocycles. The van der Waals surface area contributed by atoms with Crippen LogP contribution in [0.4, 0.5) is 0 Å². The Morgan fingerprint density at radius 1 is 0.862 bits per heavy atom. The summed E-state index contributed by atoms with van der Waals surface area (Å²) in [6, 6.07) is 20.8. The Hall–Kier alpha value is -2.87. The fourth-order valence-electron chi connectivity index (χ4n) is 3.94. The first kappa shape index (κ1) is 18.2.